The van der Waals surface area contributed by atoms with E-state index in [4.69, 9.17) is 0 Å². The zero-order chi connectivity index (χ0) is 18.1. The molecule has 3 aromatic rings. The second-order valence-electron chi connectivity index (χ2n) is 6.19. The van der Waals surface area contributed by atoms with Crippen molar-refractivity contribution in [2.45, 2.75) is 11.4 Å². The largest absolute Gasteiger partial charge is 0.332 e. The van der Waals surface area contributed by atoms with Crippen LogP contribution in [0.4, 0.5) is 0 Å². The van der Waals surface area contributed by atoms with E-state index in [9.17, 15) is 13.2 Å². The quantitative estimate of drug-likeness (QED) is 0.754. The minimum Gasteiger partial charge on any atom is -0.332 e. The standard InChI is InChI=1S/C19H17N3O3S/c23-19(17-12-16(20-21-17)14-6-2-1-3-7-14)22-10-11-26(24,25)18-9-5-4-8-15(18)13-22/h1-9,12H,10-11,13H2,(H,20,21). The first-order valence-electron chi connectivity index (χ1n) is 8.25. The van der Waals surface area contributed by atoms with Crippen molar-refractivity contribution >= 4 is 15.7 Å². The molecule has 1 amide bonds. The van der Waals surface area contributed by atoms with Gasteiger partial charge in [0.05, 0.1) is 16.3 Å². The molecule has 0 bridgehead atoms. The molecule has 2 aromatic carbocycles. The summed E-state index contributed by atoms with van der Waals surface area (Å²) in [6.45, 7) is 0.406. The summed E-state index contributed by atoms with van der Waals surface area (Å²) in [6.07, 6.45) is 0. The van der Waals surface area contributed by atoms with Gasteiger partial charge in [-0.2, -0.15) is 5.10 Å². The van der Waals surface area contributed by atoms with Crippen molar-refractivity contribution in [2.75, 3.05) is 12.3 Å². The molecule has 1 aromatic heterocycles. The monoisotopic (exact) mass is 367 g/mol. The number of aromatic nitrogens is 2. The third kappa shape index (κ3) is 3.01. The Morgan fingerprint density at radius 3 is 2.58 bits per heavy atom. The predicted octanol–water partition coefficient (Wildman–Crippen LogP) is 2.51. The molecule has 7 heteroatoms. The molecule has 0 saturated heterocycles. The zero-order valence-electron chi connectivity index (χ0n) is 13.9. The van der Waals surface area contributed by atoms with Crippen LogP contribution in [0.2, 0.25) is 0 Å². The van der Waals surface area contributed by atoms with Crippen LogP contribution in [0.25, 0.3) is 11.3 Å². The fourth-order valence-corrected chi connectivity index (χ4v) is 4.59. The number of hydrogen-bond acceptors (Lipinski definition) is 4. The molecule has 0 unspecified atom stereocenters. The number of carbonyl (C=O) groups is 1. The van der Waals surface area contributed by atoms with E-state index in [1.807, 2.05) is 30.3 Å². The maximum absolute atomic E-state index is 12.9. The van der Waals surface area contributed by atoms with Gasteiger partial charge in [-0.1, -0.05) is 48.5 Å². The number of H-pyrrole nitrogens is 1. The molecular weight excluding hydrogens is 350 g/mol. The van der Waals surface area contributed by atoms with Crippen molar-refractivity contribution in [3.63, 3.8) is 0 Å². The molecule has 0 fully saturated rings. The highest BCUT2D eigenvalue weighted by molar-refractivity contribution is 7.91. The summed E-state index contributed by atoms with van der Waals surface area (Å²) in [5.74, 6) is -0.346. The summed E-state index contributed by atoms with van der Waals surface area (Å²) in [5, 5.41) is 6.98. The van der Waals surface area contributed by atoms with Gasteiger partial charge >= 0.3 is 0 Å². The number of amides is 1. The average molecular weight is 367 g/mol. The lowest BCUT2D eigenvalue weighted by atomic mass is 10.1. The molecule has 0 spiro atoms. The molecule has 132 valence electrons. The van der Waals surface area contributed by atoms with E-state index < -0.39 is 9.84 Å². The topological polar surface area (TPSA) is 83.1 Å². The van der Waals surface area contributed by atoms with Crippen molar-refractivity contribution in [3.8, 4) is 11.3 Å². The van der Waals surface area contributed by atoms with Crippen LogP contribution in [0, 0.1) is 0 Å². The van der Waals surface area contributed by atoms with Gasteiger partial charge in [0.1, 0.15) is 5.69 Å². The van der Waals surface area contributed by atoms with Crippen molar-refractivity contribution < 1.29 is 13.2 Å². The highest BCUT2D eigenvalue weighted by atomic mass is 32.2. The molecule has 0 aliphatic carbocycles. The van der Waals surface area contributed by atoms with Gasteiger partial charge in [0.2, 0.25) is 0 Å². The van der Waals surface area contributed by atoms with E-state index in [1.54, 1.807) is 35.2 Å². The van der Waals surface area contributed by atoms with Crippen molar-refractivity contribution in [1.82, 2.24) is 15.1 Å². The first kappa shape index (κ1) is 16.5. The van der Waals surface area contributed by atoms with Crippen LogP contribution < -0.4 is 0 Å². The second-order valence-corrected chi connectivity index (χ2v) is 8.26. The maximum atomic E-state index is 12.9. The van der Waals surface area contributed by atoms with Gasteiger partial charge < -0.3 is 4.90 Å². The molecule has 26 heavy (non-hydrogen) atoms. The van der Waals surface area contributed by atoms with Crippen LogP contribution in [0.15, 0.2) is 65.6 Å². The first-order valence-corrected chi connectivity index (χ1v) is 9.90. The smallest absolute Gasteiger partial charge is 0.272 e. The lowest BCUT2D eigenvalue weighted by Gasteiger charge is -2.19. The SMILES string of the molecule is O=C(c1cc(-c2ccccc2)n[nH]1)N1CCS(=O)(=O)c2ccccc2C1. The number of aromatic amines is 1. The van der Waals surface area contributed by atoms with E-state index in [0.717, 1.165) is 5.56 Å². The van der Waals surface area contributed by atoms with E-state index in [2.05, 4.69) is 10.2 Å². The molecule has 4 rings (SSSR count). The molecule has 1 N–H and O–H groups in total. The highest BCUT2D eigenvalue weighted by Gasteiger charge is 2.28. The van der Waals surface area contributed by atoms with Crippen LogP contribution >= 0.6 is 0 Å². The summed E-state index contributed by atoms with van der Waals surface area (Å²) < 4.78 is 24.9. The number of fused-ring (bicyclic) bond motifs is 1. The van der Waals surface area contributed by atoms with E-state index >= 15 is 0 Å². The minimum atomic E-state index is -3.38. The van der Waals surface area contributed by atoms with Gasteiger partial charge in [-0.05, 0) is 17.7 Å². The number of sulfone groups is 1. The Morgan fingerprint density at radius 1 is 1.04 bits per heavy atom. The average Bonchev–Trinajstić information content (AvgIpc) is 3.11. The fraction of sp³-hybridized carbons (Fsp3) is 0.158. The van der Waals surface area contributed by atoms with Crippen LogP contribution in [-0.2, 0) is 16.4 Å². The number of carbonyl (C=O) groups excluding carboxylic acids is 1. The van der Waals surface area contributed by atoms with Crippen LogP contribution in [-0.4, -0.2) is 41.7 Å². The fourth-order valence-electron chi connectivity index (χ4n) is 3.09. The van der Waals surface area contributed by atoms with E-state index in [-0.39, 0.29) is 24.7 Å². The van der Waals surface area contributed by atoms with Gasteiger partial charge in [0, 0.05) is 18.7 Å². The second kappa shape index (κ2) is 6.42. The molecule has 0 atom stereocenters. The lowest BCUT2D eigenvalue weighted by Crippen LogP contribution is -2.32. The summed E-state index contributed by atoms with van der Waals surface area (Å²) in [4.78, 5) is 14.7. The molecule has 1 aliphatic heterocycles. The first-order chi connectivity index (χ1) is 12.5. The Balaban J connectivity index is 1.63. The molecular formula is C19H17N3O3S. The summed E-state index contributed by atoms with van der Waals surface area (Å²) >= 11 is 0. The number of benzene rings is 2. The third-order valence-electron chi connectivity index (χ3n) is 4.46. The summed E-state index contributed by atoms with van der Waals surface area (Å²) in [7, 11) is -3.38. The van der Waals surface area contributed by atoms with Crippen molar-refractivity contribution in [2.24, 2.45) is 0 Å². The van der Waals surface area contributed by atoms with Crippen LogP contribution in [0.5, 0.6) is 0 Å². The molecule has 0 saturated carbocycles. The Bertz CT molecular complexity index is 1060. The predicted molar refractivity (Wildman–Crippen MR) is 97.3 cm³/mol. The van der Waals surface area contributed by atoms with Crippen LogP contribution in [0.3, 0.4) is 0 Å². The minimum absolute atomic E-state index is 0.0879. The Labute approximate surface area is 151 Å². The molecule has 0 radical (unpaired) electrons. The summed E-state index contributed by atoms with van der Waals surface area (Å²) in [6, 6.07) is 18.1. The number of nitrogens with one attached hydrogen (secondary N) is 1. The van der Waals surface area contributed by atoms with Crippen molar-refractivity contribution in [3.05, 3.63) is 71.9 Å². The Morgan fingerprint density at radius 2 is 1.77 bits per heavy atom. The van der Waals surface area contributed by atoms with Crippen LogP contribution in [0.1, 0.15) is 16.1 Å². The Kier molecular flexibility index (Phi) is 4.08. The molecule has 2 heterocycles. The zero-order valence-corrected chi connectivity index (χ0v) is 14.7. The highest BCUT2D eigenvalue weighted by Crippen LogP contribution is 2.24. The lowest BCUT2D eigenvalue weighted by molar-refractivity contribution is 0.0748. The maximum Gasteiger partial charge on any atom is 0.272 e. The van der Waals surface area contributed by atoms with E-state index in [1.165, 1.54) is 0 Å². The van der Waals surface area contributed by atoms with Gasteiger partial charge in [0.25, 0.3) is 5.91 Å². The normalized spacial score (nSPS) is 15.9. The molecule has 6 nitrogen and oxygen atoms in total. The van der Waals surface area contributed by atoms with Gasteiger partial charge in [-0.15, -0.1) is 0 Å². The number of rotatable bonds is 2. The van der Waals surface area contributed by atoms with Gasteiger partial charge in [0.15, 0.2) is 9.84 Å². The van der Waals surface area contributed by atoms with Gasteiger partial charge in [-0.25, -0.2) is 8.42 Å². The van der Waals surface area contributed by atoms with Gasteiger partial charge in [-0.3, -0.25) is 9.89 Å². The summed E-state index contributed by atoms with van der Waals surface area (Å²) in [5.41, 5.74) is 2.57. The van der Waals surface area contributed by atoms with E-state index in [0.29, 0.717) is 21.8 Å². The number of nitrogens with zero attached hydrogens (tertiary/aromatic N) is 2. The molecule has 1 aliphatic rings. The van der Waals surface area contributed by atoms with Crippen molar-refractivity contribution in [1.29, 1.82) is 0 Å². The Hall–Kier alpha value is -2.93. The third-order valence-corrected chi connectivity index (χ3v) is 6.25. The number of hydrogen-bond donors (Lipinski definition) is 1.